The SMILES string of the molecule is CNCC1CN(C)CCC1(C)C. The molecule has 0 spiro atoms. The average Bonchev–Trinajstić information content (AvgIpc) is 1.98. The third kappa shape index (κ3) is 2.20. The minimum Gasteiger partial charge on any atom is -0.319 e. The zero-order valence-electron chi connectivity index (χ0n) is 8.85. The van der Waals surface area contributed by atoms with Gasteiger partial charge >= 0.3 is 0 Å². The third-order valence-electron chi connectivity index (χ3n) is 3.23. The summed E-state index contributed by atoms with van der Waals surface area (Å²) in [7, 11) is 4.27. The largest absolute Gasteiger partial charge is 0.319 e. The van der Waals surface area contributed by atoms with E-state index in [1.807, 2.05) is 7.05 Å². The Kier molecular flexibility index (Phi) is 3.13. The van der Waals surface area contributed by atoms with Crippen LogP contribution in [0.2, 0.25) is 0 Å². The van der Waals surface area contributed by atoms with Crippen LogP contribution < -0.4 is 5.32 Å². The van der Waals surface area contributed by atoms with Gasteiger partial charge in [0.15, 0.2) is 0 Å². The molecule has 1 unspecified atom stereocenters. The molecule has 0 aromatic heterocycles. The van der Waals surface area contributed by atoms with Gasteiger partial charge in [0.25, 0.3) is 0 Å². The van der Waals surface area contributed by atoms with E-state index in [1.54, 1.807) is 0 Å². The van der Waals surface area contributed by atoms with Gasteiger partial charge in [-0.25, -0.2) is 0 Å². The molecule has 0 aromatic rings. The molecule has 1 fully saturated rings. The highest BCUT2D eigenvalue weighted by Crippen LogP contribution is 2.34. The summed E-state index contributed by atoms with van der Waals surface area (Å²) >= 11 is 0. The minimum atomic E-state index is 0.523. The van der Waals surface area contributed by atoms with Crippen LogP contribution in [-0.2, 0) is 0 Å². The van der Waals surface area contributed by atoms with E-state index in [4.69, 9.17) is 0 Å². The van der Waals surface area contributed by atoms with Crippen LogP contribution in [0.15, 0.2) is 0 Å². The molecule has 2 nitrogen and oxygen atoms in total. The van der Waals surface area contributed by atoms with Crippen molar-refractivity contribution in [1.29, 1.82) is 0 Å². The smallest absolute Gasteiger partial charge is 0.00239 e. The van der Waals surface area contributed by atoms with E-state index in [-0.39, 0.29) is 0 Å². The number of likely N-dealkylation sites (tertiary alicyclic amines) is 1. The molecular weight excluding hydrogens is 148 g/mol. The number of nitrogens with one attached hydrogen (secondary N) is 1. The summed E-state index contributed by atoms with van der Waals surface area (Å²) in [5.74, 6) is 0.807. The van der Waals surface area contributed by atoms with Gasteiger partial charge in [0.2, 0.25) is 0 Å². The Morgan fingerprint density at radius 2 is 2.17 bits per heavy atom. The number of hydrogen-bond donors (Lipinski definition) is 1. The van der Waals surface area contributed by atoms with Gasteiger partial charge in [0, 0.05) is 6.54 Å². The molecule has 0 aliphatic carbocycles. The minimum absolute atomic E-state index is 0.523. The molecule has 1 N–H and O–H groups in total. The van der Waals surface area contributed by atoms with E-state index in [2.05, 4.69) is 31.1 Å². The van der Waals surface area contributed by atoms with Crippen molar-refractivity contribution in [1.82, 2.24) is 10.2 Å². The van der Waals surface area contributed by atoms with Crippen LogP contribution in [0, 0.1) is 11.3 Å². The summed E-state index contributed by atoms with van der Waals surface area (Å²) in [5, 5.41) is 3.29. The van der Waals surface area contributed by atoms with Crippen LogP contribution in [0.3, 0.4) is 0 Å². The Morgan fingerprint density at radius 1 is 1.50 bits per heavy atom. The molecule has 0 radical (unpaired) electrons. The molecule has 1 rings (SSSR count). The van der Waals surface area contributed by atoms with Crippen molar-refractivity contribution in [3.8, 4) is 0 Å². The molecule has 0 saturated carbocycles. The van der Waals surface area contributed by atoms with E-state index in [0.717, 1.165) is 12.5 Å². The van der Waals surface area contributed by atoms with Crippen molar-refractivity contribution < 1.29 is 0 Å². The van der Waals surface area contributed by atoms with Crippen molar-refractivity contribution in [3.63, 3.8) is 0 Å². The second-order valence-corrected chi connectivity index (χ2v) is 4.76. The van der Waals surface area contributed by atoms with Gasteiger partial charge in [0.05, 0.1) is 0 Å². The normalized spacial score (nSPS) is 30.5. The fourth-order valence-corrected chi connectivity index (χ4v) is 1.99. The second-order valence-electron chi connectivity index (χ2n) is 4.76. The first-order valence-corrected chi connectivity index (χ1v) is 4.89. The first kappa shape index (κ1) is 10.0. The van der Waals surface area contributed by atoms with Crippen molar-refractivity contribution >= 4 is 0 Å². The molecule has 0 aromatic carbocycles. The van der Waals surface area contributed by atoms with E-state index in [1.165, 1.54) is 19.5 Å². The van der Waals surface area contributed by atoms with Crippen molar-refractivity contribution in [2.45, 2.75) is 20.3 Å². The highest BCUT2D eigenvalue weighted by atomic mass is 15.1. The van der Waals surface area contributed by atoms with E-state index < -0.39 is 0 Å². The highest BCUT2D eigenvalue weighted by Gasteiger charge is 2.33. The molecule has 2 heteroatoms. The Hall–Kier alpha value is -0.0800. The Balaban J connectivity index is 2.52. The first-order chi connectivity index (χ1) is 5.56. The van der Waals surface area contributed by atoms with E-state index >= 15 is 0 Å². The topological polar surface area (TPSA) is 15.3 Å². The van der Waals surface area contributed by atoms with Gasteiger partial charge in [-0.1, -0.05) is 13.8 Å². The number of rotatable bonds is 2. The molecule has 1 saturated heterocycles. The van der Waals surface area contributed by atoms with Gasteiger partial charge in [-0.3, -0.25) is 0 Å². The van der Waals surface area contributed by atoms with Crippen molar-refractivity contribution in [3.05, 3.63) is 0 Å². The summed E-state index contributed by atoms with van der Waals surface area (Å²) in [5.41, 5.74) is 0.523. The molecule has 72 valence electrons. The molecule has 1 aliphatic rings. The van der Waals surface area contributed by atoms with Crippen LogP contribution in [0.25, 0.3) is 0 Å². The van der Waals surface area contributed by atoms with Gasteiger partial charge in [-0.2, -0.15) is 0 Å². The summed E-state index contributed by atoms with van der Waals surface area (Å²) in [4.78, 5) is 2.44. The standard InChI is InChI=1S/C10H22N2/c1-10(2)5-6-12(4)8-9(10)7-11-3/h9,11H,5-8H2,1-4H3. The van der Waals surface area contributed by atoms with Crippen LogP contribution >= 0.6 is 0 Å². The molecule has 0 amide bonds. The summed E-state index contributed by atoms with van der Waals surface area (Å²) in [6, 6.07) is 0. The molecule has 1 atom stereocenters. The lowest BCUT2D eigenvalue weighted by Gasteiger charge is -2.42. The van der Waals surface area contributed by atoms with Gasteiger partial charge in [-0.05, 0) is 44.9 Å². The number of hydrogen-bond acceptors (Lipinski definition) is 2. The Bertz CT molecular complexity index is 143. The Morgan fingerprint density at radius 3 is 2.75 bits per heavy atom. The lowest BCUT2D eigenvalue weighted by atomic mass is 9.73. The second kappa shape index (κ2) is 3.75. The monoisotopic (exact) mass is 170 g/mol. The van der Waals surface area contributed by atoms with Crippen LogP contribution in [-0.4, -0.2) is 38.6 Å². The molecule has 1 heterocycles. The summed E-state index contributed by atoms with van der Waals surface area (Å²) in [6.07, 6.45) is 1.33. The number of nitrogens with zero attached hydrogens (tertiary/aromatic N) is 1. The van der Waals surface area contributed by atoms with E-state index in [0.29, 0.717) is 5.41 Å². The third-order valence-corrected chi connectivity index (χ3v) is 3.23. The molecule has 1 aliphatic heterocycles. The van der Waals surface area contributed by atoms with Gasteiger partial charge in [0.1, 0.15) is 0 Å². The van der Waals surface area contributed by atoms with E-state index in [9.17, 15) is 0 Å². The Labute approximate surface area is 76.3 Å². The zero-order valence-corrected chi connectivity index (χ0v) is 8.85. The van der Waals surface area contributed by atoms with Gasteiger partial charge in [-0.15, -0.1) is 0 Å². The highest BCUT2D eigenvalue weighted by molar-refractivity contribution is 4.86. The fraction of sp³-hybridized carbons (Fsp3) is 1.00. The lowest BCUT2D eigenvalue weighted by molar-refractivity contribution is 0.0771. The predicted octanol–water partition coefficient (Wildman–Crippen LogP) is 1.18. The van der Waals surface area contributed by atoms with Crippen molar-refractivity contribution in [2.75, 3.05) is 33.7 Å². The maximum atomic E-state index is 3.29. The van der Waals surface area contributed by atoms with Crippen LogP contribution in [0.1, 0.15) is 20.3 Å². The lowest BCUT2D eigenvalue weighted by Crippen LogP contribution is -2.46. The maximum Gasteiger partial charge on any atom is 0.00239 e. The van der Waals surface area contributed by atoms with Crippen LogP contribution in [0.4, 0.5) is 0 Å². The fourth-order valence-electron chi connectivity index (χ4n) is 1.99. The molecule has 0 bridgehead atoms. The number of piperidine rings is 1. The first-order valence-electron chi connectivity index (χ1n) is 4.89. The quantitative estimate of drug-likeness (QED) is 0.669. The average molecular weight is 170 g/mol. The summed E-state index contributed by atoms with van der Waals surface area (Å²) < 4.78 is 0. The molecule has 12 heavy (non-hydrogen) atoms. The zero-order chi connectivity index (χ0) is 9.19. The molecular formula is C10H22N2. The summed E-state index contributed by atoms with van der Waals surface area (Å²) in [6.45, 7) is 8.43. The van der Waals surface area contributed by atoms with Crippen molar-refractivity contribution in [2.24, 2.45) is 11.3 Å². The maximum absolute atomic E-state index is 3.29. The predicted molar refractivity (Wildman–Crippen MR) is 53.3 cm³/mol. The van der Waals surface area contributed by atoms with Crippen LogP contribution in [0.5, 0.6) is 0 Å². The van der Waals surface area contributed by atoms with Gasteiger partial charge < -0.3 is 10.2 Å².